The van der Waals surface area contributed by atoms with Crippen LogP contribution >= 0.6 is 0 Å². The molecule has 0 unspecified atom stereocenters. The van der Waals surface area contributed by atoms with Crippen LogP contribution in [0.2, 0.25) is 0 Å². The molecule has 38 heavy (non-hydrogen) atoms. The zero-order valence-electron chi connectivity index (χ0n) is 21.8. The maximum absolute atomic E-state index is 13.1. The summed E-state index contributed by atoms with van der Waals surface area (Å²) in [6, 6.07) is 17.7. The van der Waals surface area contributed by atoms with E-state index < -0.39 is 11.4 Å². The lowest BCUT2D eigenvalue weighted by Gasteiger charge is -2.32. The second kappa shape index (κ2) is 11.5. The number of rotatable bonds is 8. The first kappa shape index (κ1) is 25.6. The smallest absolute Gasteiger partial charge is 0.343 e. The van der Waals surface area contributed by atoms with Gasteiger partial charge in [0.05, 0.1) is 12.0 Å². The van der Waals surface area contributed by atoms with Gasteiger partial charge >= 0.3 is 5.97 Å². The highest BCUT2D eigenvalue weighted by Crippen LogP contribution is 2.20. The van der Waals surface area contributed by atoms with Crippen molar-refractivity contribution in [2.75, 3.05) is 51.7 Å². The second-order valence-electron chi connectivity index (χ2n) is 9.45. The van der Waals surface area contributed by atoms with Crippen LogP contribution in [0.1, 0.15) is 22.8 Å². The summed E-state index contributed by atoms with van der Waals surface area (Å²) >= 11 is 0. The number of fused-ring (bicyclic) bond motifs is 1. The lowest BCUT2D eigenvalue weighted by molar-refractivity contribution is 0.0524. The summed E-state index contributed by atoms with van der Waals surface area (Å²) < 4.78 is 6.83. The van der Waals surface area contributed by atoms with Crippen molar-refractivity contribution >= 4 is 28.6 Å². The molecule has 1 fully saturated rings. The highest BCUT2D eigenvalue weighted by atomic mass is 16.5. The maximum Gasteiger partial charge on any atom is 0.343 e. The Balaban J connectivity index is 1.38. The summed E-state index contributed by atoms with van der Waals surface area (Å²) in [5.74, 6) is -0.311. The van der Waals surface area contributed by atoms with E-state index in [9.17, 15) is 9.59 Å². The van der Waals surface area contributed by atoms with E-state index in [-0.39, 0.29) is 17.6 Å². The van der Waals surface area contributed by atoms with Crippen LogP contribution in [0, 0.1) is 0 Å². The number of aromatic nitrogens is 3. The van der Waals surface area contributed by atoms with Crippen LogP contribution in [0.5, 0.6) is 0 Å². The third-order valence-corrected chi connectivity index (χ3v) is 6.80. The van der Waals surface area contributed by atoms with Gasteiger partial charge in [-0.15, -0.1) is 0 Å². The van der Waals surface area contributed by atoms with Gasteiger partial charge in [-0.2, -0.15) is 4.98 Å². The zero-order valence-corrected chi connectivity index (χ0v) is 21.8. The average molecular weight is 513 g/mol. The number of piperazine rings is 1. The molecular weight excluding hydrogens is 480 g/mol. The quantitative estimate of drug-likeness (QED) is 0.359. The van der Waals surface area contributed by atoms with Gasteiger partial charge in [-0.3, -0.25) is 4.79 Å². The lowest BCUT2D eigenvalue weighted by atomic mass is 10.1. The molecule has 2 aromatic heterocycles. The molecule has 1 aliphatic heterocycles. The summed E-state index contributed by atoms with van der Waals surface area (Å²) in [7, 11) is 2.17. The monoisotopic (exact) mass is 512 g/mol. The molecule has 0 amide bonds. The van der Waals surface area contributed by atoms with E-state index in [2.05, 4.69) is 44.3 Å². The van der Waals surface area contributed by atoms with Crippen molar-refractivity contribution in [1.82, 2.24) is 24.3 Å². The van der Waals surface area contributed by atoms with Crippen LogP contribution in [0.4, 0.5) is 11.6 Å². The number of esters is 1. The Morgan fingerprint density at radius 3 is 2.47 bits per heavy atom. The number of ether oxygens (including phenoxy) is 1. The molecule has 196 valence electrons. The largest absolute Gasteiger partial charge is 0.462 e. The van der Waals surface area contributed by atoms with Gasteiger partial charge in [-0.25, -0.2) is 9.78 Å². The minimum Gasteiger partial charge on any atom is -0.462 e. The fourth-order valence-electron chi connectivity index (χ4n) is 4.55. The van der Waals surface area contributed by atoms with Gasteiger partial charge < -0.3 is 24.4 Å². The van der Waals surface area contributed by atoms with E-state index in [1.165, 1.54) is 18.0 Å². The molecule has 0 bridgehead atoms. The number of hydrogen-bond donors (Lipinski definition) is 1. The maximum atomic E-state index is 13.1. The topological polar surface area (TPSA) is 92.6 Å². The zero-order chi connectivity index (χ0) is 26.5. The number of benzene rings is 2. The van der Waals surface area contributed by atoms with Gasteiger partial charge in [0.25, 0.3) is 0 Å². The molecule has 9 heteroatoms. The summed E-state index contributed by atoms with van der Waals surface area (Å²) in [4.78, 5) is 39.5. The molecule has 2 aromatic carbocycles. The van der Waals surface area contributed by atoms with Crippen LogP contribution in [0.25, 0.3) is 16.7 Å². The minimum absolute atomic E-state index is 0.0559. The van der Waals surface area contributed by atoms with Gasteiger partial charge in [0, 0.05) is 56.5 Å². The number of carbonyl (C=O) groups excluding carboxylic acids is 1. The fraction of sp³-hybridized carbons (Fsp3) is 0.310. The van der Waals surface area contributed by atoms with Crippen molar-refractivity contribution < 1.29 is 9.53 Å². The highest BCUT2D eigenvalue weighted by molar-refractivity contribution is 5.93. The van der Waals surface area contributed by atoms with E-state index in [4.69, 9.17) is 4.74 Å². The Morgan fingerprint density at radius 1 is 1.03 bits per heavy atom. The predicted octanol–water partition coefficient (Wildman–Crippen LogP) is 3.49. The molecule has 0 saturated carbocycles. The normalized spacial score (nSPS) is 14.5. The summed E-state index contributed by atoms with van der Waals surface area (Å²) in [6.45, 7) is 7.41. The Hall–Kier alpha value is -4.08. The van der Waals surface area contributed by atoms with Crippen LogP contribution in [-0.2, 0) is 11.2 Å². The number of nitrogens with zero attached hydrogens (tertiary/aromatic N) is 5. The van der Waals surface area contributed by atoms with Gasteiger partial charge in [0.2, 0.25) is 11.4 Å². The number of nitrogens with one attached hydrogen (secondary N) is 1. The number of pyridine rings is 1. The number of anilines is 2. The SMILES string of the molecule is CCOC(=O)c1cn(-c2ccccc2)c2nc(Nc3ccc(CCN4CCN(C)CC4)cc3)ncc2c1=O. The van der Waals surface area contributed by atoms with E-state index >= 15 is 0 Å². The van der Waals surface area contributed by atoms with Crippen molar-refractivity contribution in [3.8, 4) is 5.69 Å². The molecule has 0 atom stereocenters. The number of carbonyl (C=O) groups is 1. The molecule has 9 nitrogen and oxygen atoms in total. The molecule has 0 aliphatic carbocycles. The first-order valence-corrected chi connectivity index (χ1v) is 12.9. The Morgan fingerprint density at radius 2 is 1.76 bits per heavy atom. The van der Waals surface area contributed by atoms with E-state index in [1.807, 2.05) is 42.5 Å². The lowest BCUT2D eigenvalue weighted by Crippen LogP contribution is -2.45. The fourth-order valence-corrected chi connectivity index (χ4v) is 4.55. The van der Waals surface area contributed by atoms with Crippen molar-refractivity contribution in [2.45, 2.75) is 13.3 Å². The number of likely N-dealkylation sites (N-methyl/N-ethyl adjacent to an activating group) is 1. The average Bonchev–Trinajstić information content (AvgIpc) is 2.94. The molecule has 1 aliphatic rings. The highest BCUT2D eigenvalue weighted by Gasteiger charge is 2.19. The van der Waals surface area contributed by atoms with Crippen molar-refractivity contribution in [3.63, 3.8) is 0 Å². The molecule has 1 N–H and O–H groups in total. The van der Waals surface area contributed by atoms with Gasteiger partial charge in [-0.05, 0) is 50.2 Å². The molecular formula is C29H32N6O3. The number of para-hydroxylation sites is 1. The Labute approximate surface area is 221 Å². The Bertz CT molecular complexity index is 1460. The summed E-state index contributed by atoms with van der Waals surface area (Å²) in [6.07, 6.45) is 3.95. The second-order valence-corrected chi connectivity index (χ2v) is 9.45. The van der Waals surface area contributed by atoms with E-state index in [0.717, 1.165) is 50.5 Å². The standard InChI is InChI=1S/C29H32N6O3/c1-3-38-28(37)25-20-35(23-7-5-4-6-8-23)27-24(26(25)36)19-30-29(32-27)31-22-11-9-21(10-12-22)13-14-34-17-15-33(2)16-18-34/h4-12,19-20H,3,13-18H2,1-2H3,(H,30,31,32). The van der Waals surface area contributed by atoms with Crippen LogP contribution in [0.3, 0.4) is 0 Å². The molecule has 1 saturated heterocycles. The van der Waals surface area contributed by atoms with Gasteiger partial charge in [-0.1, -0.05) is 30.3 Å². The van der Waals surface area contributed by atoms with Crippen molar-refractivity contribution in [2.24, 2.45) is 0 Å². The first-order valence-electron chi connectivity index (χ1n) is 12.9. The number of hydrogen-bond acceptors (Lipinski definition) is 8. The first-order chi connectivity index (χ1) is 18.5. The van der Waals surface area contributed by atoms with Gasteiger partial charge in [0.15, 0.2) is 5.65 Å². The predicted molar refractivity (Wildman–Crippen MR) is 148 cm³/mol. The summed E-state index contributed by atoms with van der Waals surface area (Å²) in [5, 5.41) is 3.48. The van der Waals surface area contributed by atoms with Crippen molar-refractivity contribution in [1.29, 1.82) is 0 Å². The summed E-state index contributed by atoms with van der Waals surface area (Å²) in [5.41, 5.74) is 2.78. The van der Waals surface area contributed by atoms with Gasteiger partial charge in [0.1, 0.15) is 5.56 Å². The third-order valence-electron chi connectivity index (χ3n) is 6.80. The Kier molecular flexibility index (Phi) is 7.76. The van der Waals surface area contributed by atoms with E-state index in [1.54, 1.807) is 11.5 Å². The van der Waals surface area contributed by atoms with Crippen LogP contribution < -0.4 is 10.7 Å². The molecule has 0 radical (unpaired) electrons. The van der Waals surface area contributed by atoms with E-state index in [0.29, 0.717) is 11.6 Å². The molecule has 0 spiro atoms. The third kappa shape index (κ3) is 5.74. The van der Waals surface area contributed by atoms with Crippen molar-refractivity contribution in [3.05, 3.63) is 88.3 Å². The molecule has 3 heterocycles. The minimum atomic E-state index is -0.668. The van der Waals surface area contributed by atoms with Crippen LogP contribution in [0.15, 0.2) is 71.8 Å². The molecule has 4 aromatic rings. The molecule has 5 rings (SSSR count). The van der Waals surface area contributed by atoms with Crippen LogP contribution in [-0.4, -0.2) is 76.7 Å².